The van der Waals surface area contributed by atoms with E-state index in [4.69, 9.17) is 0 Å². The van der Waals surface area contributed by atoms with Crippen molar-refractivity contribution in [3.8, 4) is 0 Å². The quantitative estimate of drug-likeness (QED) is 0.847. The van der Waals surface area contributed by atoms with Crippen LogP contribution >= 0.6 is 15.9 Å². The van der Waals surface area contributed by atoms with Gasteiger partial charge < -0.3 is 5.11 Å². The summed E-state index contributed by atoms with van der Waals surface area (Å²) in [7, 11) is -3.72. The fourth-order valence-electron chi connectivity index (χ4n) is 1.79. The van der Waals surface area contributed by atoms with Crippen molar-refractivity contribution in [2.75, 3.05) is 4.72 Å². The van der Waals surface area contributed by atoms with Crippen molar-refractivity contribution in [3.63, 3.8) is 0 Å². The molecule has 0 aliphatic rings. The van der Waals surface area contributed by atoms with Gasteiger partial charge in [0.25, 0.3) is 10.0 Å². The van der Waals surface area contributed by atoms with Gasteiger partial charge in [0.1, 0.15) is 0 Å². The summed E-state index contributed by atoms with van der Waals surface area (Å²) in [5, 5.41) is 9.82. The maximum Gasteiger partial charge on any atom is 0.261 e. The normalized spacial score (nSPS) is 12.9. The molecule has 7 heteroatoms. The lowest BCUT2D eigenvalue weighted by molar-refractivity contribution is 0.173. The number of aliphatic hydroxyl groups excluding tert-OH is 1. The molecule has 1 aromatic heterocycles. The van der Waals surface area contributed by atoms with Gasteiger partial charge in [-0.3, -0.25) is 9.71 Å². The zero-order chi connectivity index (χ0) is 15.5. The van der Waals surface area contributed by atoms with Gasteiger partial charge in [0.15, 0.2) is 0 Å². The average Bonchev–Trinajstić information content (AvgIpc) is 2.49. The van der Waals surface area contributed by atoms with Crippen LogP contribution in [0.15, 0.2) is 52.1 Å². The number of halogens is 1. The van der Waals surface area contributed by atoms with Crippen LogP contribution in [0.1, 0.15) is 25.0 Å². The van der Waals surface area contributed by atoms with Gasteiger partial charge >= 0.3 is 0 Å². The summed E-state index contributed by atoms with van der Waals surface area (Å²) in [5.74, 6) is 0. The third kappa shape index (κ3) is 3.81. The first-order chi connectivity index (χ1) is 9.94. The number of rotatable bonds is 5. The Morgan fingerprint density at radius 1 is 1.38 bits per heavy atom. The van der Waals surface area contributed by atoms with Crippen LogP contribution in [0.3, 0.4) is 0 Å². The van der Waals surface area contributed by atoms with Crippen molar-refractivity contribution in [2.24, 2.45) is 0 Å². The average molecular weight is 371 g/mol. The van der Waals surface area contributed by atoms with Gasteiger partial charge in [0.2, 0.25) is 0 Å². The summed E-state index contributed by atoms with van der Waals surface area (Å²) >= 11 is 3.24. The molecular weight excluding hydrogens is 356 g/mol. The van der Waals surface area contributed by atoms with Crippen molar-refractivity contribution in [3.05, 3.63) is 52.8 Å². The van der Waals surface area contributed by atoms with Crippen LogP contribution in [-0.2, 0) is 10.0 Å². The molecule has 0 aliphatic heterocycles. The molecule has 2 rings (SSSR count). The molecule has 112 valence electrons. The number of nitrogens with one attached hydrogen (secondary N) is 1. The molecule has 0 spiro atoms. The number of sulfonamides is 1. The number of nitrogens with zero attached hydrogens (tertiary/aromatic N) is 1. The number of hydrogen-bond donors (Lipinski definition) is 2. The van der Waals surface area contributed by atoms with Crippen LogP contribution in [-0.4, -0.2) is 18.5 Å². The van der Waals surface area contributed by atoms with Crippen molar-refractivity contribution < 1.29 is 13.5 Å². The van der Waals surface area contributed by atoms with E-state index in [2.05, 4.69) is 25.6 Å². The number of hydrogen-bond acceptors (Lipinski definition) is 4. The Morgan fingerprint density at radius 3 is 2.81 bits per heavy atom. The van der Waals surface area contributed by atoms with Crippen LogP contribution in [0.4, 0.5) is 5.69 Å². The van der Waals surface area contributed by atoms with E-state index >= 15 is 0 Å². The minimum Gasteiger partial charge on any atom is -0.388 e. The highest BCUT2D eigenvalue weighted by atomic mass is 79.9. The highest BCUT2D eigenvalue weighted by Gasteiger charge is 2.17. The topological polar surface area (TPSA) is 79.3 Å². The summed E-state index contributed by atoms with van der Waals surface area (Å²) in [6.07, 6.45) is 2.86. The molecule has 1 aromatic carbocycles. The van der Waals surface area contributed by atoms with Crippen molar-refractivity contribution in [1.29, 1.82) is 0 Å². The molecular formula is C14H15BrN2O3S. The second kappa shape index (κ2) is 6.55. The van der Waals surface area contributed by atoms with E-state index in [-0.39, 0.29) is 4.90 Å². The van der Waals surface area contributed by atoms with E-state index in [1.54, 1.807) is 18.2 Å². The van der Waals surface area contributed by atoms with E-state index in [1.807, 2.05) is 6.92 Å². The van der Waals surface area contributed by atoms with Gasteiger partial charge in [-0.15, -0.1) is 0 Å². The van der Waals surface area contributed by atoms with Gasteiger partial charge in [0, 0.05) is 12.4 Å². The monoisotopic (exact) mass is 370 g/mol. The second-order valence-electron chi connectivity index (χ2n) is 4.46. The Balaban J connectivity index is 2.34. The number of pyridine rings is 1. The summed E-state index contributed by atoms with van der Waals surface area (Å²) in [4.78, 5) is 3.99. The van der Waals surface area contributed by atoms with Crippen molar-refractivity contribution in [1.82, 2.24) is 4.98 Å². The Labute approximate surface area is 132 Å². The van der Waals surface area contributed by atoms with E-state index < -0.39 is 16.1 Å². The van der Waals surface area contributed by atoms with Gasteiger partial charge in [-0.05, 0) is 46.1 Å². The third-order valence-corrected chi connectivity index (χ3v) is 4.95. The zero-order valence-electron chi connectivity index (χ0n) is 11.3. The number of benzene rings is 1. The smallest absolute Gasteiger partial charge is 0.261 e. The van der Waals surface area contributed by atoms with Crippen LogP contribution in [0.25, 0.3) is 0 Å². The molecule has 0 fully saturated rings. The van der Waals surface area contributed by atoms with E-state index in [9.17, 15) is 13.5 Å². The van der Waals surface area contributed by atoms with Crippen LogP contribution in [0.5, 0.6) is 0 Å². The predicted octanol–water partition coefficient (Wildman–Crippen LogP) is 3.09. The molecule has 0 amide bonds. The van der Waals surface area contributed by atoms with Crippen molar-refractivity contribution >= 4 is 31.6 Å². The molecule has 0 aliphatic carbocycles. The number of aliphatic hydroxyl groups is 1. The van der Waals surface area contributed by atoms with Gasteiger partial charge in [0.05, 0.1) is 21.2 Å². The molecule has 0 saturated carbocycles. The minimum absolute atomic E-state index is 0.108. The molecule has 0 saturated heterocycles. The molecule has 1 heterocycles. The Bertz CT molecular complexity index is 735. The summed E-state index contributed by atoms with van der Waals surface area (Å²) in [5.41, 5.74) is 0.987. The largest absolute Gasteiger partial charge is 0.388 e. The fraction of sp³-hybridized carbons (Fsp3) is 0.214. The molecule has 1 atom stereocenters. The van der Waals surface area contributed by atoms with E-state index in [0.29, 0.717) is 22.1 Å². The number of aromatic nitrogens is 1. The highest BCUT2D eigenvalue weighted by Crippen LogP contribution is 2.25. The lowest BCUT2D eigenvalue weighted by Gasteiger charge is -2.12. The Kier molecular flexibility index (Phi) is 4.97. The van der Waals surface area contributed by atoms with Gasteiger partial charge in [-0.2, -0.15) is 0 Å². The van der Waals surface area contributed by atoms with E-state index in [0.717, 1.165) is 0 Å². The summed E-state index contributed by atoms with van der Waals surface area (Å²) in [6.45, 7) is 1.83. The molecule has 0 radical (unpaired) electrons. The SMILES string of the molecule is CCC(O)c1cccc(S(=O)(=O)Nc2ccncc2Br)c1. The predicted molar refractivity (Wildman–Crippen MR) is 84.4 cm³/mol. The van der Waals surface area contributed by atoms with Crippen LogP contribution < -0.4 is 4.72 Å². The van der Waals surface area contributed by atoms with Crippen LogP contribution in [0.2, 0.25) is 0 Å². The second-order valence-corrected chi connectivity index (χ2v) is 6.99. The molecule has 0 bridgehead atoms. The minimum atomic E-state index is -3.72. The lowest BCUT2D eigenvalue weighted by atomic mass is 10.1. The molecule has 21 heavy (non-hydrogen) atoms. The first-order valence-corrected chi connectivity index (χ1v) is 8.62. The molecule has 5 nitrogen and oxygen atoms in total. The summed E-state index contributed by atoms with van der Waals surface area (Å²) < 4.78 is 27.8. The zero-order valence-corrected chi connectivity index (χ0v) is 13.7. The maximum atomic E-state index is 12.4. The summed E-state index contributed by atoms with van der Waals surface area (Å²) in [6, 6.07) is 7.85. The molecule has 1 unspecified atom stereocenters. The standard InChI is InChI=1S/C14H15BrN2O3S/c1-2-14(18)10-4-3-5-11(8-10)21(19,20)17-13-6-7-16-9-12(13)15/h3-9,14,18H,2H2,1H3,(H,16,17). The first-order valence-electron chi connectivity index (χ1n) is 6.34. The lowest BCUT2D eigenvalue weighted by Crippen LogP contribution is -2.14. The first kappa shape index (κ1) is 15.9. The van der Waals surface area contributed by atoms with Crippen molar-refractivity contribution in [2.45, 2.75) is 24.3 Å². The van der Waals surface area contributed by atoms with Gasteiger partial charge in [-0.1, -0.05) is 19.1 Å². The Hall–Kier alpha value is -1.44. The van der Waals surface area contributed by atoms with Gasteiger partial charge in [-0.25, -0.2) is 8.42 Å². The van der Waals surface area contributed by atoms with Crippen LogP contribution in [0, 0.1) is 0 Å². The van der Waals surface area contributed by atoms with E-state index in [1.165, 1.54) is 24.5 Å². The number of anilines is 1. The molecule has 2 N–H and O–H groups in total. The fourth-order valence-corrected chi connectivity index (χ4v) is 3.40. The molecule has 2 aromatic rings. The third-order valence-electron chi connectivity index (χ3n) is 2.96. The maximum absolute atomic E-state index is 12.4. The Morgan fingerprint density at radius 2 is 2.14 bits per heavy atom. The highest BCUT2D eigenvalue weighted by molar-refractivity contribution is 9.10.